The molecule has 2 heterocycles. The molecule has 0 bridgehead atoms. The number of benzene rings is 2. The molecule has 0 aliphatic carbocycles. The molecule has 4 rings (SSSR count). The minimum absolute atomic E-state index is 0.704. The van der Waals surface area contributed by atoms with Crippen molar-refractivity contribution < 1.29 is 4.42 Å². The molecule has 1 aliphatic rings. The first kappa shape index (κ1) is 12.5. The molecule has 0 fully saturated rings. The van der Waals surface area contributed by atoms with Gasteiger partial charge in [0.25, 0.3) is 0 Å². The van der Waals surface area contributed by atoms with Gasteiger partial charge in [-0.1, -0.05) is 42.4 Å². The Labute approximate surface area is 128 Å². The maximum Gasteiger partial charge on any atom is 0.136 e. The SMILES string of the molecule is C[Si]1(C)c2ccc(Cl)cc2-c2oc3cc(Cl)ccc3c21. The summed E-state index contributed by atoms with van der Waals surface area (Å²) in [5.41, 5.74) is 2.02. The zero-order valence-corrected chi connectivity index (χ0v) is 13.6. The fraction of sp³-hybridized carbons (Fsp3) is 0.125. The van der Waals surface area contributed by atoms with Crippen LogP contribution in [0.1, 0.15) is 0 Å². The molecule has 0 saturated heterocycles. The van der Waals surface area contributed by atoms with E-state index < -0.39 is 8.07 Å². The monoisotopic (exact) mass is 318 g/mol. The van der Waals surface area contributed by atoms with Gasteiger partial charge in [0.2, 0.25) is 0 Å². The Kier molecular flexibility index (Phi) is 2.45. The Hall–Kier alpha value is -1.22. The maximum atomic E-state index is 6.16. The lowest BCUT2D eigenvalue weighted by molar-refractivity contribution is 0.635. The summed E-state index contributed by atoms with van der Waals surface area (Å²) in [5.74, 6) is 0.983. The van der Waals surface area contributed by atoms with Crippen molar-refractivity contribution in [2.75, 3.05) is 0 Å². The Morgan fingerprint density at radius 2 is 1.65 bits per heavy atom. The Morgan fingerprint density at radius 3 is 2.45 bits per heavy atom. The highest BCUT2D eigenvalue weighted by atomic mass is 35.5. The number of furan rings is 1. The average molecular weight is 319 g/mol. The lowest BCUT2D eigenvalue weighted by Gasteiger charge is -2.18. The van der Waals surface area contributed by atoms with E-state index in [1.807, 2.05) is 24.3 Å². The third-order valence-corrected chi connectivity index (χ3v) is 8.18. The maximum absolute atomic E-state index is 6.16. The van der Waals surface area contributed by atoms with Gasteiger partial charge in [0, 0.05) is 27.1 Å². The summed E-state index contributed by atoms with van der Waals surface area (Å²) >= 11 is 12.2. The van der Waals surface area contributed by atoms with Crippen molar-refractivity contribution in [1.82, 2.24) is 0 Å². The normalized spacial score (nSPS) is 15.4. The van der Waals surface area contributed by atoms with Gasteiger partial charge in [-0.3, -0.25) is 0 Å². The molecular formula is C16H12Cl2OSi. The smallest absolute Gasteiger partial charge is 0.136 e. The number of halogens is 2. The van der Waals surface area contributed by atoms with E-state index >= 15 is 0 Å². The predicted molar refractivity (Wildman–Crippen MR) is 88.4 cm³/mol. The van der Waals surface area contributed by atoms with Crippen LogP contribution in [-0.4, -0.2) is 8.07 Å². The second-order valence-electron chi connectivity index (χ2n) is 5.76. The van der Waals surface area contributed by atoms with E-state index in [4.69, 9.17) is 27.6 Å². The number of hydrogen-bond donors (Lipinski definition) is 0. The van der Waals surface area contributed by atoms with E-state index in [-0.39, 0.29) is 0 Å². The summed E-state index contributed by atoms with van der Waals surface area (Å²) in [6.07, 6.45) is 0. The highest BCUT2D eigenvalue weighted by Gasteiger charge is 2.41. The summed E-state index contributed by atoms with van der Waals surface area (Å²) in [4.78, 5) is 0. The first-order valence-electron chi connectivity index (χ1n) is 6.51. The summed E-state index contributed by atoms with van der Waals surface area (Å²) in [5, 5.41) is 5.40. The van der Waals surface area contributed by atoms with Crippen LogP contribution in [0.2, 0.25) is 23.1 Å². The van der Waals surface area contributed by atoms with Gasteiger partial charge in [0.1, 0.15) is 19.4 Å². The Bertz CT molecular complexity index is 864. The van der Waals surface area contributed by atoms with Crippen LogP contribution in [0, 0.1) is 0 Å². The van der Waals surface area contributed by atoms with Gasteiger partial charge in [-0.05, 0) is 34.6 Å². The van der Waals surface area contributed by atoms with E-state index in [0.717, 1.165) is 21.9 Å². The average Bonchev–Trinajstić information content (AvgIpc) is 2.85. The summed E-state index contributed by atoms with van der Waals surface area (Å²) in [6.45, 7) is 4.71. The van der Waals surface area contributed by atoms with Crippen molar-refractivity contribution >= 4 is 52.6 Å². The van der Waals surface area contributed by atoms with Crippen molar-refractivity contribution in [2.24, 2.45) is 0 Å². The van der Waals surface area contributed by atoms with Crippen LogP contribution < -0.4 is 10.4 Å². The first-order valence-corrected chi connectivity index (χ1v) is 10.3. The van der Waals surface area contributed by atoms with Gasteiger partial charge in [-0.2, -0.15) is 0 Å². The Morgan fingerprint density at radius 1 is 0.950 bits per heavy atom. The molecule has 0 amide bonds. The predicted octanol–water partition coefficient (Wildman–Crippen LogP) is 4.54. The molecule has 1 nitrogen and oxygen atoms in total. The standard InChI is InChI=1S/C16H12Cl2OSi/c1-20(2)14-6-4-9(17)7-12(14)15-16(20)11-5-3-10(18)8-13(11)19-15/h3-8H,1-2H3. The fourth-order valence-corrected chi connectivity index (χ4v) is 6.86. The van der Waals surface area contributed by atoms with Crippen molar-refractivity contribution in [3.8, 4) is 11.3 Å². The number of hydrogen-bond acceptors (Lipinski definition) is 1. The van der Waals surface area contributed by atoms with Crippen LogP contribution in [0.15, 0.2) is 40.8 Å². The van der Waals surface area contributed by atoms with Gasteiger partial charge < -0.3 is 4.42 Å². The van der Waals surface area contributed by atoms with Gasteiger partial charge in [0.05, 0.1) is 0 Å². The molecule has 3 aromatic rings. The van der Waals surface area contributed by atoms with Crippen LogP contribution in [0.25, 0.3) is 22.3 Å². The third-order valence-electron chi connectivity index (χ3n) is 4.18. The van der Waals surface area contributed by atoms with E-state index in [1.54, 1.807) is 0 Å². The van der Waals surface area contributed by atoms with Gasteiger partial charge in [-0.25, -0.2) is 0 Å². The highest BCUT2D eigenvalue weighted by molar-refractivity contribution is 7.05. The summed E-state index contributed by atoms with van der Waals surface area (Å²) < 4.78 is 6.10. The van der Waals surface area contributed by atoms with Gasteiger partial charge >= 0.3 is 0 Å². The molecule has 1 aliphatic heterocycles. The van der Waals surface area contributed by atoms with Crippen LogP contribution in [0.3, 0.4) is 0 Å². The zero-order chi connectivity index (χ0) is 14.1. The summed E-state index contributed by atoms with van der Waals surface area (Å²) in [6, 6.07) is 12.0. The van der Waals surface area contributed by atoms with Crippen LogP contribution in [-0.2, 0) is 0 Å². The van der Waals surface area contributed by atoms with E-state index in [9.17, 15) is 0 Å². The lowest BCUT2D eigenvalue weighted by Crippen LogP contribution is -2.49. The minimum atomic E-state index is -1.73. The van der Waals surface area contributed by atoms with Crippen molar-refractivity contribution in [3.05, 3.63) is 46.4 Å². The second-order valence-corrected chi connectivity index (χ2v) is 10.9. The van der Waals surface area contributed by atoms with Crippen LogP contribution in [0.5, 0.6) is 0 Å². The topological polar surface area (TPSA) is 13.1 Å². The van der Waals surface area contributed by atoms with Crippen LogP contribution in [0.4, 0.5) is 0 Å². The number of fused-ring (bicyclic) bond motifs is 5. The quantitative estimate of drug-likeness (QED) is 0.554. The van der Waals surface area contributed by atoms with Gasteiger partial charge in [-0.15, -0.1) is 0 Å². The zero-order valence-electron chi connectivity index (χ0n) is 11.1. The van der Waals surface area contributed by atoms with E-state index in [2.05, 4.69) is 25.2 Å². The fourth-order valence-electron chi connectivity index (χ4n) is 3.26. The van der Waals surface area contributed by atoms with E-state index in [1.165, 1.54) is 15.8 Å². The minimum Gasteiger partial charge on any atom is -0.456 e. The molecule has 20 heavy (non-hydrogen) atoms. The highest BCUT2D eigenvalue weighted by Crippen LogP contribution is 2.36. The Balaban J connectivity index is 2.15. The lowest BCUT2D eigenvalue weighted by atomic mass is 10.1. The second kappa shape index (κ2) is 3.91. The first-order chi connectivity index (χ1) is 9.48. The molecule has 4 heteroatoms. The molecule has 0 spiro atoms. The molecule has 0 atom stereocenters. The van der Waals surface area contributed by atoms with Crippen LogP contribution >= 0.6 is 23.2 Å². The molecule has 100 valence electrons. The summed E-state index contributed by atoms with van der Waals surface area (Å²) in [7, 11) is -1.73. The van der Waals surface area contributed by atoms with Crippen molar-refractivity contribution in [2.45, 2.75) is 13.1 Å². The van der Waals surface area contributed by atoms with Crippen molar-refractivity contribution in [1.29, 1.82) is 0 Å². The largest absolute Gasteiger partial charge is 0.456 e. The number of rotatable bonds is 0. The molecule has 2 aromatic carbocycles. The molecule has 1 aromatic heterocycles. The molecule has 0 saturated carbocycles. The van der Waals surface area contributed by atoms with Crippen molar-refractivity contribution in [3.63, 3.8) is 0 Å². The molecular weight excluding hydrogens is 307 g/mol. The molecule has 0 radical (unpaired) electrons. The molecule has 0 N–H and O–H groups in total. The van der Waals surface area contributed by atoms with Gasteiger partial charge in [0.15, 0.2) is 0 Å². The molecule has 0 unspecified atom stereocenters. The third kappa shape index (κ3) is 1.50. The van der Waals surface area contributed by atoms with E-state index in [0.29, 0.717) is 5.02 Å².